The zero-order chi connectivity index (χ0) is 26.8. The number of ether oxygens (including phenoxy) is 1. The van der Waals surface area contributed by atoms with E-state index in [-0.39, 0.29) is 11.3 Å². The number of aliphatic hydroxyl groups is 1. The van der Waals surface area contributed by atoms with Crippen LogP contribution in [0.2, 0.25) is 0 Å². The second-order valence-electron chi connectivity index (χ2n) is 9.56. The Morgan fingerprint density at radius 1 is 0.895 bits per heavy atom. The summed E-state index contributed by atoms with van der Waals surface area (Å²) in [4.78, 5) is 30.5. The van der Waals surface area contributed by atoms with Crippen LogP contribution >= 0.6 is 0 Å². The summed E-state index contributed by atoms with van der Waals surface area (Å²) in [6, 6.07) is 27.3. The third-order valence-corrected chi connectivity index (χ3v) is 6.76. The Labute approximate surface area is 222 Å². The van der Waals surface area contributed by atoms with Gasteiger partial charge in [0.2, 0.25) is 0 Å². The average Bonchev–Trinajstić information content (AvgIpc) is 3.21. The van der Waals surface area contributed by atoms with Crippen LogP contribution in [0.15, 0.2) is 96.6 Å². The molecule has 4 aromatic carbocycles. The zero-order valence-electron chi connectivity index (χ0n) is 21.7. The maximum atomic E-state index is 13.5. The smallest absolute Gasteiger partial charge is 0.300 e. The van der Waals surface area contributed by atoms with Gasteiger partial charge in [-0.25, -0.2) is 0 Å². The molecule has 0 radical (unpaired) electrons. The van der Waals surface area contributed by atoms with Gasteiger partial charge in [-0.3, -0.25) is 14.5 Å². The molecule has 0 spiro atoms. The minimum Gasteiger partial charge on any atom is -0.507 e. The van der Waals surface area contributed by atoms with E-state index in [1.54, 1.807) is 24.3 Å². The average molecular weight is 507 g/mol. The Balaban J connectivity index is 1.68. The van der Waals surface area contributed by atoms with Crippen molar-refractivity contribution in [3.8, 4) is 5.75 Å². The van der Waals surface area contributed by atoms with Crippen LogP contribution in [0.25, 0.3) is 16.5 Å². The van der Waals surface area contributed by atoms with Gasteiger partial charge in [-0.2, -0.15) is 0 Å². The van der Waals surface area contributed by atoms with Crippen LogP contribution in [-0.2, 0) is 9.59 Å². The minimum absolute atomic E-state index is 0.0581. The molecule has 5 rings (SSSR count). The zero-order valence-corrected chi connectivity index (χ0v) is 21.7. The van der Waals surface area contributed by atoms with E-state index in [0.717, 1.165) is 28.4 Å². The van der Waals surface area contributed by atoms with E-state index in [2.05, 4.69) is 0 Å². The number of anilines is 2. The van der Waals surface area contributed by atoms with Crippen molar-refractivity contribution >= 4 is 39.6 Å². The van der Waals surface area contributed by atoms with Crippen LogP contribution in [0, 0.1) is 0 Å². The summed E-state index contributed by atoms with van der Waals surface area (Å²) < 4.78 is 5.80. The number of ketones is 1. The predicted octanol–water partition coefficient (Wildman–Crippen LogP) is 6.32. The van der Waals surface area contributed by atoms with Crippen molar-refractivity contribution in [1.29, 1.82) is 0 Å². The first kappa shape index (κ1) is 25.1. The highest BCUT2D eigenvalue weighted by molar-refractivity contribution is 6.51. The van der Waals surface area contributed by atoms with Crippen molar-refractivity contribution in [2.45, 2.75) is 19.4 Å². The normalized spacial score (nSPS) is 16.7. The summed E-state index contributed by atoms with van der Waals surface area (Å²) in [6.45, 7) is 2.56. The topological polar surface area (TPSA) is 70.1 Å². The summed E-state index contributed by atoms with van der Waals surface area (Å²) in [5, 5.41) is 13.5. The molecule has 1 unspecified atom stereocenters. The molecule has 1 aliphatic heterocycles. The number of carbonyl (C=O) groups is 2. The lowest BCUT2D eigenvalue weighted by Crippen LogP contribution is -2.29. The third-order valence-electron chi connectivity index (χ3n) is 6.76. The second kappa shape index (κ2) is 10.4. The van der Waals surface area contributed by atoms with Gasteiger partial charge in [-0.05, 0) is 53.1 Å². The van der Waals surface area contributed by atoms with E-state index in [9.17, 15) is 14.7 Å². The maximum Gasteiger partial charge on any atom is 0.300 e. The molecule has 1 heterocycles. The molecule has 1 aliphatic rings. The molecule has 192 valence electrons. The number of aliphatic hydroxyl groups excluding tert-OH is 1. The molecule has 1 amide bonds. The molecule has 1 saturated heterocycles. The molecule has 0 saturated carbocycles. The Bertz CT molecular complexity index is 1540. The van der Waals surface area contributed by atoms with Gasteiger partial charge in [0.05, 0.1) is 18.2 Å². The quantitative estimate of drug-likeness (QED) is 0.180. The number of carbonyl (C=O) groups excluding carboxylic acids is 2. The lowest BCUT2D eigenvalue weighted by molar-refractivity contribution is -0.132. The number of rotatable bonds is 7. The molecule has 38 heavy (non-hydrogen) atoms. The fraction of sp³-hybridized carbons (Fsp3) is 0.188. The summed E-state index contributed by atoms with van der Waals surface area (Å²) in [5.74, 6) is -1.00. The highest BCUT2D eigenvalue weighted by atomic mass is 16.5. The fourth-order valence-corrected chi connectivity index (χ4v) is 4.80. The van der Waals surface area contributed by atoms with Crippen molar-refractivity contribution in [3.05, 3.63) is 108 Å². The Kier molecular flexibility index (Phi) is 6.88. The summed E-state index contributed by atoms with van der Waals surface area (Å²) >= 11 is 0. The van der Waals surface area contributed by atoms with Crippen molar-refractivity contribution < 1.29 is 19.4 Å². The first-order valence-corrected chi connectivity index (χ1v) is 12.7. The molecular weight excluding hydrogens is 476 g/mol. The van der Waals surface area contributed by atoms with Crippen molar-refractivity contribution in [2.24, 2.45) is 0 Å². The molecular formula is C32H30N2O4. The third kappa shape index (κ3) is 4.61. The molecule has 1 N–H and O–H groups in total. The number of fused-ring (bicyclic) bond motifs is 1. The molecule has 4 aromatic rings. The molecule has 6 nitrogen and oxygen atoms in total. The van der Waals surface area contributed by atoms with Gasteiger partial charge >= 0.3 is 0 Å². The number of amides is 1. The number of hydrogen-bond acceptors (Lipinski definition) is 5. The van der Waals surface area contributed by atoms with Crippen molar-refractivity contribution in [2.75, 3.05) is 30.5 Å². The standard InChI is InChI=1S/C32H30N2O4/c1-4-18-38-27-11-7-10-26(20-27)34-29(22-14-16-25(17-15-22)33(2)3)28(31(36)32(34)37)30(35)24-13-12-21-8-5-6-9-23(21)19-24/h5-17,19-20,29,35H,4,18H2,1-3H3/b30-28-. The van der Waals surface area contributed by atoms with Crippen molar-refractivity contribution in [1.82, 2.24) is 0 Å². The number of benzene rings is 4. The lowest BCUT2D eigenvalue weighted by atomic mass is 9.94. The van der Waals surface area contributed by atoms with Crippen LogP contribution in [0.5, 0.6) is 5.75 Å². The van der Waals surface area contributed by atoms with Crippen LogP contribution in [0.4, 0.5) is 11.4 Å². The van der Waals surface area contributed by atoms with Gasteiger partial charge in [0, 0.05) is 37.1 Å². The molecule has 1 fully saturated rings. The second-order valence-corrected chi connectivity index (χ2v) is 9.56. The van der Waals surface area contributed by atoms with Gasteiger partial charge in [0.1, 0.15) is 11.5 Å². The number of hydrogen-bond donors (Lipinski definition) is 1. The van der Waals surface area contributed by atoms with Crippen LogP contribution in [0.3, 0.4) is 0 Å². The summed E-state index contributed by atoms with van der Waals surface area (Å²) in [5.41, 5.74) is 2.77. The van der Waals surface area contributed by atoms with Gasteiger partial charge < -0.3 is 14.7 Å². The molecule has 0 aliphatic carbocycles. The highest BCUT2D eigenvalue weighted by Gasteiger charge is 2.47. The maximum absolute atomic E-state index is 13.5. The highest BCUT2D eigenvalue weighted by Crippen LogP contribution is 2.43. The number of Topliss-reactive ketones (excluding diaryl/α,β-unsaturated/α-hetero) is 1. The van der Waals surface area contributed by atoms with Gasteiger partial charge in [0.25, 0.3) is 11.7 Å². The summed E-state index contributed by atoms with van der Waals surface area (Å²) in [6.07, 6.45) is 0.846. The van der Waals surface area contributed by atoms with Gasteiger partial charge in [-0.1, -0.05) is 61.5 Å². The first-order chi connectivity index (χ1) is 18.4. The van der Waals surface area contributed by atoms with E-state index >= 15 is 0 Å². The van der Waals surface area contributed by atoms with Crippen molar-refractivity contribution in [3.63, 3.8) is 0 Å². The van der Waals surface area contributed by atoms with E-state index in [1.807, 2.05) is 92.6 Å². The summed E-state index contributed by atoms with van der Waals surface area (Å²) in [7, 11) is 3.89. The Morgan fingerprint density at radius 2 is 1.63 bits per heavy atom. The SMILES string of the molecule is CCCOc1cccc(N2C(=O)C(=O)/C(=C(\O)c3ccc4ccccc4c3)C2c2ccc(N(C)C)cc2)c1. The largest absolute Gasteiger partial charge is 0.507 e. The molecule has 6 heteroatoms. The predicted molar refractivity (Wildman–Crippen MR) is 152 cm³/mol. The Morgan fingerprint density at radius 3 is 2.34 bits per heavy atom. The molecule has 0 aromatic heterocycles. The molecule has 0 bridgehead atoms. The minimum atomic E-state index is -0.806. The van der Waals surface area contributed by atoms with E-state index in [1.165, 1.54) is 4.90 Å². The monoisotopic (exact) mass is 506 g/mol. The van der Waals surface area contributed by atoms with Crippen LogP contribution in [0.1, 0.15) is 30.5 Å². The fourth-order valence-electron chi connectivity index (χ4n) is 4.80. The van der Waals surface area contributed by atoms with Crippen LogP contribution in [-0.4, -0.2) is 37.5 Å². The lowest BCUT2D eigenvalue weighted by Gasteiger charge is -2.26. The molecule has 1 atom stereocenters. The van der Waals surface area contributed by atoms with E-state index in [4.69, 9.17) is 4.74 Å². The number of nitrogens with zero attached hydrogens (tertiary/aromatic N) is 2. The van der Waals surface area contributed by atoms with E-state index < -0.39 is 17.7 Å². The van der Waals surface area contributed by atoms with Gasteiger partial charge in [-0.15, -0.1) is 0 Å². The van der Waals surface area contributed by atoms with Gasteiger partial charge in [0.15, 0.2) is 0 Å². The first-order valence-electron chi connectivity index (χ1n) is 12.7. The van der Waals surface area contributed by atoms with E-state index in [0.29, 0.717) is 23.6 Å². The van der Waals surface area contributed by atoms with Crippen LogP contribution < -0.4 is 14.5 Å². The Hall–Kier alpha value is -4.58.